The number of aliphatic carboxylic acids is 1. The Balaban J connectivity index is 2.49. The predicted octanol–water partition coefficient (Wildman–Crippen LogP) is 1.18. The number of rotatable bonds is 5. The lowest BCUT2D eigenvalue weighted by atomic mass is 10.2. The fourth-order valence-electron chi connectivity index (χ4n) is 2.42. The molecule has 1 heterocycles. The van der Waals surface area contributed by atoms with Gasteiger partial charge in [0, 0.05) is 13.1 Å². The van der Waals surface area contributed by atoms with Crippen molar-refractivity contribution in [2.24, 2.45) is 0 Å². The van der Waals surface area contributed by atoms with Gasteiger partial charge in [-0.3, -0.25) is 14.5 Å². The molecule has 1 fully saturated rings. The molecule has 1 unspecified atom stereocenters. The molecule has 1 saturated heterocycles. The van der Waals surface area contributed by atoms with Crippen LogP contribution in [0.5, 0.6) is 0 Å². The summed E-state index contributed by atoms with van der Waals surface area (Å²) in [6.45, 7) is 3.66. The Labute approximate surface area is 109 Å². The molecule has 1 aliphatic rings. The molecule has 104 valence electrons. The van der Waals surface area contributed by atoms with E-state index in [0.717, 1.165) is 25.9 Å². The maximum Gasteiger partial charge on any atom is 0.320 e. The fourth-order valence-corrected chi connectivity index (χ4v) is 2.42. The summed E-state index contributed by atoms with van der Waals surface area (Å²) in [5.74, 6) is -0.803. The molecule has 5 heteroatoms. The standard InChI is InChI=1S/C13H24N2O3/c1-3-11(13(17)18)14(2)10-12(16)15-8-6-4-5-7-9-15/h11H,3-10H2,1-2H3,(H,17,18). The summed E-state index contributed by atoms with van der Waals surface area (Å²) >= 11 is 0. The average Bonchev–Trinajstić information content (AvgIpc) is 2.57. The van der Waals surface area contributed by atoms with E-state index in [0.29, 0.717) is 6.42 Å². The smallest absolute Gasteiger partial charge is 0.320 e. The van der Waals surface area contributed by atoms with Crippen LogP contribution in [0.4, 0.5) is 0 Å². The zero-order chi connectivity index (χ0) is 13.5. The first-order valence-corrected chi connectivity index (χ1v) is 6.77. The van der Waals surface area contributed by atoms with Crippen LogP contribution in [0, 0.1) is 0 Å². The Bertz CT molecular complexity index is 286. The summed E-state index contributed by atoms with van der Waals surface area (Å²) < 4.78 is 0. The van der Waals surface area contributed by atoms with Crippen LogP contribution in [0.1, 0.15) is 39.0 Å². The third-order valence-corrected chi connectivity index (χ3v) is 3.55. The van der Waals surface area contributed by atoms with Gasteiger partial charge in [-0.25, -0.2) is 0 Å². The van der Waals surface area contributed by atoms with Crippen molar-refractivity contribution in [1.82, 2.24) is 9.80 Å². The number of likely N-dealkylation sites (N-methyl/N-ethyl adjacent to an activating group) is 1. The molecule has 0 aliphatic carbocycles. The zero-order valence-corrected chi connectivity index (χ0v) is 11.4. The van der Waals surface area contributed by atoms with E-state index < -0.39 is 12.0 Å². The average molecular weight is 256 g/mol. The Morgan fingerprint density at radius 3 is 2.22 bits per heavy atom. The quantitative estimate of drug-likeness (QED) is 0.802. The molecule has 0 aromatic rings. The van der Waals surface area contributed by atoms with Crippen molar-refractivity contribution < 1.29 is 14.7 Å². The van der Waals surface area contributed by atoms with E-state index in [9.17, 15) is 9.59 Å². The molecule has 0 bridgehead atoms. The van der Waals surface area contributed by atoms with Crippen molar-refractivity contribution >= 4 is 11.9 Å². The second-order valence-electron chi connectivity index (χ2n) is 4.97. The van der Waals surface area contributed by atoms with Crippen molar-refractivity contribution in [2.45, 2.75) is 45.1 Å². The minimum atomic E-state index is -0.858. The topological polar surface area (TPSA) is 60.9 Å². The molecule has 0 aromatic heterocycles. The molecule has 0 saturated carbocycles. The maximum atomic E-state index is 12.1. The molecular weight excluding hydrogens is 232 g/mol. The first-order valence-electron chi connectivity index (χ1n) is 6.77. The van der Waals surface area contributed by atoms with Gasteiger partial charge < -0.3 is 10.0 Å². The van der Waals surface area contributed by atoms with E-state index in [4.69, 9.17) is 5.11 Å². The second-order valence-corrected chi connectivity index (χ2v) is 4.97. The van der Waals surface area contributed by atoms with Crippen molar-refractivity contribution in [3.05, 3.63) is 0 Å². The number of likely N-dealkylation sites (tertiary alicyclic amines) is 1. The van der Waals surface area contributed by atoms with Crippen molar-refractivity contribution in [3.63, 3.8) is 0 Å². The van der Waals surface area contributed by atoms with Gasteiger partial charge in [0.25, 0.3) is 0 Å². The molecule has 18 heavy (non-hydrogen) atoms. The highest BCUT2D eigenvalue weighted by atomic mass is 16.4. The Hall–Kier alpha value is -1.10. The van der Waals surface area contributed by atoms with Crippen LogP contribution in [-0.4, -0.2) is 59.5 Å². The largest absolute Gasteiger partial charge is 0.480 e. The predicted molar refractivity (Wildman–Crippen MR) is 69.4 cm³/mol. The van der Waals surface area contributed by atoms with E-state index in [2.05, 4.69) is 0 Å². The highest BCUT2D eigenvalue weighted by Crippen LogP contribution is 2.11. The normalized spacial score (nSPS) is 18.5. The first-order chi connectivity index (χ1) is 8.56. The van der Waals surface area contributed by atoms with Gasteiger partial charge in [-0.2, -0.15) is 0 Å². The lowest BCUT2D eigenvalue weighted by molar-refractivity contribution is -0.144. The van der Waals surface area contributed by atoms with E-state index in [1.54, 1.807) is 11.9 Å². The summed E-state index contributed by atoms with van der Waals surface area (Å²) in [6, 6.07) is -0.569. The Kier molecular flexibility index (Phi) is 6.12. The summed E-state index contributed by atoms with van der Waals surface area (Å²) in [5, 5.41) is 9.05. The van der Waals surface area contributed by atoms with Crippen LogP contribution >= 0.6 is 0 Å². The van der Waals surface area contributed by atoms with Crippen LogP contribution in [0.3, 0.4) is 0 Å². The lowest BCUT2D eigenvalue weighted by Crippen LogP contribution is -2.45. The van der Waals surface area contributed by atoms with Crippen LogP contribution in [0.15, 0.2) is 0 Å². The van der Waals surface area contributed by atoms with Gasteiger partial charge in [-0.15, -0.1) is 0 Å². The SMILES string of the molecule is CCC(C(=O)O)N(C)CC(=O)N1CCCCCC1. The van der Waals surface area contributed by atoms with Crippen LogP contribution in [-0.2, 0) is 9.59 Å². The summed E-state index contributed by atoms with van der Waals surface area (Å²) in [5.41, 5.74) is 0. The number of carboxylic acids is 1. The monoisotopic (exact) mass is 256 g/mol. The van der Waals surface area contributed by atoms with E-state index >= 15 is 0 Å². The molecular formula is C13H24N2O3. The summed E-state index contributed by atoms with van der Waals surface area (Å²) in [6.07, 6.45) is 5.01. The molecule has 1 aliphatic heterocycles. The number of carbonyl (C=O) groups excluding carboxylic acids is 1. The number of nitrogens with zero attached hydrogens (tertiary/aromatic N) is 2. The van der Waals surface area contributed by atoms with Gasteiger partial charge >= 0.3 is 5.97 Å². The Morgan fingerprint density at radius 1 is 1.22 bits per heavy atom. The number of hydrogen-bond donors (Lipinski definition) is 1. The van der Waals surface area contributed by atoms with Crippen LogP contribution in [0.2, 0.25) is 0 Å². The molecule has 1 amide bonds. The van der Waals surface area contributed by atoms with Crippen LogP contribution in [0.25, 0.3) is 0 Å². The molecule has 1 rings (SSSR count). The fraction of sp³-hybridized carbons (Fsp3) is 0.846. The number of amides is 1. The van der Waals surface area contributed by atoms with Gasteiger partial charge in [-0.05, 0) is 26.3 Å². The highest BCUT2D eigenvalue weighted by Gasteiger charge is 2.24. The summed E-state index contributed by atoms with van der Waals surface area (Å²) in [7, 11) is 1.71. The van der Waals surface area contributed by atoms with Gasteiger partial charge in [0.1, 0.15) is 6.04 Å². The van der Waals surface area contributed by atoms with E-state index in [-0.39, 0.29) is 12.5 Å². The van der Waals surface area contributed by atoms with Gasteiger partial charge in [0.15, 0.2) is 0 Å². The Morgan fingerprint density at radius 2 is 1.78 bits per heavy atom. The van der Waals surface area contributed by atoms with Gasteiger partial charge in [0.05, 0.1) is 6.54 Å². The first kappa shape index (κ1) is 15.0. The van der Waals surface area contributed by atoms with Gasteiger partial charge in [0.2, 0.25) is 5.91 Å². The zero-order valence-electron chi connectivity index (χ0n) is 11.4. The lowest BCUT2D eigenvalue weighted by Gasteiger charge is -2.27. The van der Waals surface area contributed by atoms with Crippen molar-refractivity contribution in [1.29, 1.82) is 0 Å². The number of carboxylic acid groups (broad SMARTS) is 1. The van der Waals surface area contributed by atoms with Gasteiger partial charge in [-0.1, -0.05) is 19.8 Å². The molecule has 1 atom stereocenters. The van der Waals surface area contributed by atoms with E-state index in [1.807, 2.05) is 11.8 Å². The van der Waals surface area contributed by atoms with Crippen LogP contribution < -0.4 is 0 Å². The van der Waals surface area contributed by atoms with Crippen molar-refractivity contribution in [3.8, 4) is 0 Å². The summed E-state index contributed by atoms with van der Waals surface area (Å²) in [4.78, 5) is 26.6. The van der Waals surface area contributed by atoms with E-state index in [1.165, 1.54) is 12.8 Å². The number of hydrogen-bond acceptors (Lipinski definition) is 3. The third kappa shape index (κ3) is 4.29. The second kappa shape index (κ2) is 7.36. The van der Waals surface area contributed by atoms with Crippen molar-refractivity contribution in [2.75, 3.05) is 26.7 Å². The highest BCUT2D eigenvalue weighted by molar-refractivity contribution is 5.80. The maximum absolute atomic E-state index is 12.1. The minimum absolute atomic E-state index is 0.0547. The molecule has 1 N–H and O–H groups in total. The number of carbonyl (C=O) groups is 2. The molecule has 0 aromatic carbocycles. The molecule has 0 spiro atoms. The third-order valence-electron chi connectivity index (χ3n) is 3.55. The molecule has 5 nitrogen and oxygen atoms in total. The molecule has 0 radical (unpaired) electrons. The minimum Gasteiger partial charge on any atom is -0.480 e.